The van der Waals surface area contributed by atoms with Gasteiger partial charge < -0.3 is 11.5 Å². The van der Waals surface area contributed by atoms with E-state index < -0.39 is 0 Å². The lowest BCUT2D eigenvalue weighted by Gasteiger charge is -2.10. The number of guanidine groups is 2. The van der Waals surface area contributed by atoms with E-state index in [2.05, 4.69) is 24.2 Å². The van der Waals surface area contributed by atoms with Crippen molar-refractivity contribution in [2.45, 2.75) is 33.2 Å². The molecule has 0 aromatic rings. The highest BCUT2D eigenvalue weighted by molar-refractivity contribution is 5.95. The lowest BCUT2D eigenvalue weighted by Crippen LogP contribution is -2.41. The molecule has 0 aromatic heterocycles. The zero-order valence-corrected chi connectivity index (χ0v) is 8.46. The normalized spacial score (nSPS) is 14.3. The van der Waals surface area contributed by atoms with Gasteiger partial charge in [-0.25, -0.2) is 0 Å². The van der Waals surface area contributed by atoms with Crippen molar-refractivity contribution >= 4 is 11.9 Å². The van der Waals surface area contributed by atoms with Crippen LogP contribution in [0.1, 0.15) is 27.2 Å². The third-order valence-electron chi connectivity index (χ3n) is 1.43. The summed E-state index contributed by atoms with van der Waals surface area (Å²) in [4.78, 5) is 4.12. The predicted molar refractivity (Wildman–Crippen MR) is 55.6 cm³/mol. The zero-order valence-electron chi connectivity index (χ0n) is 8.46. The van der Waals surface area contributed by atoms with E-state index in [-0.39, 0.29) is 18.0 Å². The molecule has 0 amide bonds. The Bertz CT molecular complexity index is 197. The van der Waals surface area contributed by atoms with Crippen molar-refractivity contribution < 1.29 is 0 Å². The van der Waals surface area contributed by atoms with Crippen LogP contribution in [0.15, 0.2) is 4.99 Å². The molecule has 0 aromatic carbocycles. The Labute approximate surface area is 79.1 Å². The van der Waals surface area contributed by atoms with Crippen LogP contribution < -0.4 is 16.8 Å². The highest BCUT2D eigenvalue weighted by atomic mass is 15.2. The summed E-state index contributed by atoms with van der Waals surface area (Å²) in [5.74, 6) is 0.613. The quantitative estimate of drug-likeness (QED) is 0.373. The second-order valence-electron chi connectivity index (χ2n) is 3.53. The van der Waals surface area contributed by atoms with Gasteiger partial charge >= 0.3 is 0 Å². The molecule has 13 heavy (non-hydrogen) atoms. The maximum absolute atomic E-state index is 6.92. The van der Waals surface area contributed by atoms with Crippen molar-refractivity contribution in [1.82, 2.24) is 5.32 Å². The Morgan fingerprint density at radius 2 is 1.92 bits per heavy atom. The number of nitrogens with two attached hydrogens (primary N) is 2. The summed E-state index contributed by atoms with van der Waals surface area (Å²) in [5, 5.41) is 9.35. The Balaban J connectivity index is 3.98. The van der Waals surface area contributed by atoms with Gasteiger partial charge in [-0.15, -0.1) is 0 Å². The highest BCUT2D eigenvalue weighted by Gasteiger charge is 2.03. The van der Waals surface area contributed by atoms with Gasteiger partial charge in [-0.2, -0.15) is 0 Å². The van der Waals surface area contributed by atoms with Gasteiger partial charge in [-0.05, 0) is 19.3 Å². The van der Waals surface area contributed by atoms with Gasteiger partial charge in [-0.3, -0.25) is 15.7 Å². The van der Waals surface area contributed by atoms with E-state index in [9.17, 15) is 0 Å². The molecule has 5 nitrogen and oxygen atoms in total. The Morgan fingerprint density at radius 1 is 1.38 bits per heavy atom. The molecular weight excluding hydrogens is 166 g/mol. The first kappa shape index (κ1) is 11.7. The van der Waals surface area contributed by atoms with Crippen molar-refractivity contribution in [2.75, 3.05) is 0 Å². The van der Waals surface area contributed by atoms with Gasteiger partial charge in [0.05, 0.1) is 6.04 Å². The molecular formula is C8H19N5. The molecule has 0 spiro atoms. The maximum Gasteiger partial charge on any atom is 0.195 e. The molecule has 6 N–H and O–H groups in total. The van der Waals surface area contributed by atoms with Gasteiger partial charge in [0, 0.05) is 0 Å². The summed E-state index contributed by atoms with van der Waals surface area (Å²) in [6.07, 6.45) is 0.973. The molecule has 0 saturated heterocycles. The smallest absolute Gasteiger partial charge is 0.195 e. The van der Waals surface area contributed by atoms with Crippen molar-refractivity contribution in [3.05, 3.63) is 0 Å². The van der Waals surface area contributed by atoms with E-state index in [0.717, 1.165) is 6.42 Å². The summed E-state index contributed by atoms with van der Waals surface area (Å²) in [6, 6.07) is 0.159. The van der Waals surface area contributed by atoms with Gasteiger partial charge in [0.25, 0.3) is 0 Å². The number of rotatable bonds is 3. The molecule has 0 bridgehead atoms. The first-order valence-electron chi connectivity index (χ1n) is 4.36. The Hall–Kier alpha value is -1.26. The van der Waals surface area contributed by atoms with Gasteiger partial charge in [0.2, 0.25) is 0 Å². The van der Waals surface area contributed by atoms with E-state index in [0.29, 0.717) is 5.92 Å². The minimum atomic E-state index is -0.182. The molecule has 0 aliphatic carbocycles. The Morgan fingerprint density at radius 3 is 2.31 bits per heavy atom. The molecule has 76 valence electrons. The molecule has 0 aliphatic rings. The van der Waals surface area contributed by atoms with Crippen molar-refractivity contribution in [3.63, 3.8) is 0 Å². The molecule has 0 radical (unpaired) electrons. The SMILES string of the molecule is CC(C)CC(C)N=C(N)NC(=N)N. The summed E-state index contributed by atoms with van der Waals surface area (Å²) in [6.45, 7) is 6.23. The fourth-order valence-corrected chi connectivity index (χ4v) is 1.14. The topological polar surface area (TPSA) is 100 Å². The highest BCUT2D eigenvalue weighted by Crippen LogP contribution is 2.06. The average Bonchev–Trinajstić information content (AvgIpc) is 1.80. The van der Waals surface area contributed by atoms with Crippen LogP contribution in [0.3, 0.4) is 0 Å². The molecule has 0 aliphatic heterocycles. The number of nitrogens with zero attached hydrogens (tertiary/aromatic N) is 1. The van der Waals surface area contributed by atoms with E-state index in [1.54, 1.807) is 0 Å². The fraction of sp³-hybridized carbons (Fsp3) is 0.750. The third-order valence-corrected chi connectivity index (χ3v) is 1.43. The number of aliphatic imine (C=N–C) groups is 1. The Kier molecular flexibility index (Phi) is 4.87. The summed E-state index contributed by atoms with van der Waals surface area (Å²) >= 11 is 0. The summed E-state index contributed by atoms with van der Waals surface area (Å²) in [5.41, 5.74) is 10.6. The van der Waals surface area contributed by atoms with Crippen LogP contribution in [0.4, 0.5) is 0 Å². The lowest BCUT2D eigenvalue weighted by molar-refractivity contribution is 0.521. The van der Waals surface area contributed by atoms with Crippen LogP contribution in [0.2, 0.25) is 0 Å². The molecule has 1 atom stereocenters. The first-order valence-corrected chi connectivity index (χ1v) is 4.36. The predicted octanol–water partition coefficient (Wildman–Crippen LogP) is 0.219. The van der Waals surface area contributed by atoms with Crippen LogP contribution in [-0.2, 0) is 0 Å². The van der Waals surface area contributed by atoms with Crippen LogP contribution in [0.5, 0.6) is 0 Å². The van der Waals surface area contributed by atoms with Crippen molar-refractivity contribution in [2.24, 2.45) is 22.4 Å². The van der Waals surface area contributed by atoms with Crippen LogP contribution in [0.25, 0.3) is 0 Å². The zero-order chi connectivity index (χ0) is 10.4. The number of hydrogen-bond donors (Lipinski definition) is 4. The lowest BCUT2D eigenvalue weighted by atomic mass is 10.1. The van der Waals surface area contributed by atoms with Crippen LogP contribution in [-0.4, -0.2) is 18.0 Å². The van der Waals surface area contributed by atoms with Crippen LogP contribution >= 0.6 is 0 Å². The molecule has 0 heterocycles. The fourth-order valence-electron chi connectivity index (χ4n) is 1.14. The standard InChI is InChI=1S/C8H19N5/c1-5(2)4-6(3)12-8(11)13-7(9)10/h5-6H,4H2,1-3H3,(H6,9,10,11,12,13). The number of nitrogens with one attached hydrogen (secondary N) is 2. The summed E-state index contributed by atoms with van der Waals surface area (Å²) < 4.78 is 0. The van der Waals surface area contributed by atoms with Gasteiger partial charge in [-0.1, -0.05) is 13.8 Å². The molecule has 0 fully saturated rings. The van der Waals surface area contributed by atoms with Gasteiger partial charge in [0.1, 0.15) is 0 Å². The minimum Gasteiger partial charge on any atom is -0.370 e. The largest absolute Gasteiger partial charge is 0.370 e. The molecule has 0 saturated carbocycles. The maximum atomic E-state index is 6.92. The van der Waals surface area contributed by atoms with Crippen molar-refractivity contribution in [3.8, 4) is 0 Å². The van der Waals surface area contributed by atoms with E-state index in [4.69, 9.17) is 16.9 Å². The average molecular weight is 185 g/mol. The van der Waals surface area contributed by atoms with E-state index in [1.807, 2.05) is 6.92 Å². The summed E-state index contributed by atoms with van der Waals surface area (Å²) in [7, 11) is 0. The molecule has 0 rings (SSSR count). The van der Waals surface area contributed by atoms with Crippen LogP contribution in [0, 0.1) is 11.3 Å². The van der Waals surface area contributed by atoms with E-state index >= 15 is 0 Å². The third kappa shape index (κ3) is 7.11. The second-order valence-corrected chi connectivity index (χ2v) is 3.53. The van der Waals surface area contributed by atoms with E-state index in [1.165, 1.54) is 0 Å². The van der Waals surface area contributed by atoms with Crippen molar-refractivity contribution in [1.29, 1.82) is 5.41 Å². The monoisotopic (exact) mass is 185 g/mol. The second kappa shape index (κ2) is 5.40. The molecule has 1 unspecified atom stereocenters. The van der Waals surface area contributed by atoms with Gasteiger partial charge in [0.15, 0.2) is 11.9 Å². The molecule has 5 heteroatoms. The first-order chi connectivity index (χ1) is 5.91. The number of hydrogen-bond acceptors (Lipinski definition) is 2. The minimum absolute atomic E-state index is 0.159.